The molecule has 1 aliphatic rings. The van der Waals surface area contributed by atoms with Gasteiger partial charge in [0.25, 0.3) is 0 Å². The molecule has 0 saturated heterocycles. The molecule has 2 N–H and O–H groups in total. The van der Waals surface area contributed by atoms with Gasteiger partial charge in [-0.1, -0.05) is 25.0 Å². The Morgan fingerprint density at radius 2 is 2.00 bits per heavy atom. The number of aliphatic hydroxyl groups excluding tert-OH is 1. The highest BCUT2D eigenvalue weighted by Crippen LogP contribution is 2.30. The molecule has 0 heterocycles. The summed E-state index contributed by atoms with van der Waals surface area (Å²) in [6.07, 6.45) is 3.89. The van der Waals surface area contributed by atoms with Crippen molar-refractivity contribution in [3.8, 4) is 0 Å². The molecular weight excluding hydrogens is 250 g/mol. The van der Waals surface area contributed by atoms with E-state index in [1.807, 2.05) is 6.92 Å². The maximum atomic E-state index is 12.3. The highest BCUT2D eigenvalue weighted by molar-refractivity contribution is 7.89. The third-order valence-corrected chi connectivity index (χ3v) is 5.12. The van der Waals surface area contributed by atoms with Gasteiger partial charge in [0.15, 0.2) is 0 Å². The Kier molecular flexibility index (Phi) is 3.75. The number of benzene rings is 1. The lowest BCUT2D eigenvalue weighted by Gasteiger charge is -2.25. The van der Waals surface area contributed by atoms with E-state index in [-0.39, 0.29) is 17.0 Å². The first-order valence-corrected chi connectivity index (χ1v) is 7.67. The van der Waals surface area contributed by atoms with E-state index in [1.165, 1.54) is 6.07 Å². The molecule has 0 aliphatic heterocycles. The molecule has 1 saturated carbocycles. The van der Waals surface area contributed by atoms with Crippen LogP contribution < -0.4 is 4.72 Å². The summed E-state index contributed by atoms with van der Waals surface area (Å²) in [7, 11) is -3.50. The van der Waals surface area contributed by atoms with Gasteiger partial charge in [0.2, 0.25) is 10.0 Å². The Morgan fingerprint density at radius 1 is 1.33 bits per heavy atom. The van der Waals surface area contributed by atoms with Crippen LogP contribution in [-0.4, -0.2) is 19.1 Å². The van der Waals surface area contributed by atoms with Crippen molar-refractivity contribution in [1.82, 2.24) is 4.72 Å². The number of rotatable bonds is 4. The van der Waals surface area contributed by atoms with Gasteiger partial charge >= 0.3 is 0 Å². The van der Waals surface area contributed by atoms with Crippen LogP contribution in [0.15, 0.2) is 29.2 Å². The second kappa shape index (κ2) is 4.99. The van der Waals surface area contributed by atoms with Gasteiger partial charge in [-0.3, -0.25) is 0 Å². The minimum Gasteiger partial charge on any atom is -0.392 e. The van der Waals surface area contributed by atoms with E-state index >= 15 is 0 Å². The number of sulfonamides is 1. The van der Waals surface area contributed by atoms with E-state index in [4.69, 9.17) is 5.11 Å². The number of hydrogen-bond donors (Lipinski definition) is 2. The van der Waals surface area contributed by atoms with Crippen LogP contribution in [0.25, 0.3) is 0 Å². The van der Waals surface area contributed by atoms with E-state index in [0.29, 0.717) is 5.56 Å². The Morgan fingerprint density at radius 3 is 2.61 bits per heavy atom. The molecule has 1 aliphatic carbocycles. The topological polar surface area (TPSA) is 66.4 Å². The summed E-state index contributed by atoms with van der Waals surface area (Å²) in [4.78, 5) is 0.224. The summed E-state index contributed by atoms with van der Waals surface area (Å²) in [5.74, 6) is 0. The summed E-state index contributed by atoms with van der Waals surface area (Å²) in [5, 5.41) is 9.05. The molecular formula is C13H19NO3S. The second-order valence-electron chi connectivity index (χ2n) is 5.18. The third kappa shape index (κ3) is 2.91. The van der Waals surface area contributed by atoms with Gasteiger partial charge in [-0.05, 0) is 37.5 Å². The van der Waals surface area contributed by atoms with Crippen molar-refractivity contribution in [1.29, 1.82) is 0 Å². The minimum absolute atomic E-state index is 0.152. The highest BCUT2D eigenvalue weighted by Gasteiger charge is 2.33. The molecule has 0 amide bonds. The van der Waals surface area contributed by atoms with Gasteiger partial charge in [0.05, 0.1) is 11.5 Å². The molecule has 0 radical (unpaired) electrons. The summed E-state index contributed by atoms with van der Waals surface area (Å²) in [6, 6.07) is 6.42. The quantitative estimate of drug-likeness (QED) is 0.875. The van der Waals surface area contributed by atoms with Crippen molar-refractivity contribution in [3.05, 3.63) is 29.8 Å². The van der Waals surface area contributed by atoms with Crippen molar-refractivity contribution in [3.63, 3.8) is 0 Å². The zero-order valence-corrected chi connectivity index (χ0v) is 11.3. The van der Waals surface area contributed by atoms with Gasteiger partial charge in [0, 0.05) is 5.54 Å². The van der Waals surface area contributed by atoms with Crippen molar-refractivity contribution in [2.24, 2.45) is 0 Å². The van der Waals surface area contributed by atoms with Gasteiger partial charge in [-0.25, -0.2) is 13.1 Å². The number of hydrogen-bond acceptors (Lipinski definition) is 3. The van der Waals surface area contributed by atoms with Crippen LogP contribution in [0.2, 0.25) is 0 Å². The average molecular weight is 269 g/mol. The van der Waals surface area contributed by atoms with Crippen LogP contribution in [0, 0.1) is 0 Å². The largest absolute Gasteiger partial charge is 0.392 e. The van der Waals surface area contributed by atoms with Gasteiger partial charge in [-0.15, -0.1) is 0 Å². The first kappa shape index (κ1) is 13.5. The monoisotopic (exact) mass is 269 g/mol. The molecule has 0 bridgehead atoms. The minimum atomic E-state index is -3.50. The summed E-state index contributed by atoms with van der Waals surface area (Å²) in [6.45, 7) is 1.80. The van der Waals surface area contributed by atoms with Gasteiger partial charge in [0.1, 0.15) is 0 Å². The number of nitrogens with one attached hydrogen (secondary N) is 1. The lowest BCUT2D eigenvalue weighted by atomic mass is 10.0. The fourth-order valence-electron chi connectivity index (χ4n) is 2.45. The second-order valence-corrected chi connectivity index (χ2v) is 6.86. The smallest absolute Gasteiger partial charge is 0.241 e. The van der Waals surface area contributed by atoms with Crippen molar-refractivity contribution < 1.29 is 13.5 Å². The first-order valence-electron chi connectivity index (χ1n) is 6.19. The van der Waals surface area contributed by atoms with E-state index in [2.05, 4.69) is 4.72 Å². The zero-order valence-electron chi connectivity index (χ0n) is 10.5. The average Bonchev–Trinajstić information content (AvgIpc) is 2.75. The van der Waals surface area contributed by atoms with E-state index in [9.17, 15) is 8.42 Å². The molecule has 0 unspecified atom stereocenters. The van der Waals surface area contributed by atoms with Crippen molar-refractivity contribution in [2.75, 3.05) is 0 Å². The molecule has 1 aromatic carbocycles. The number of aliphatic hydroxyl groups is 1. The van der Waals surface area contributed by atoms with E-state index < -0.39 is 10.0 Å². The molecule has 0 atom stereocenters. The lowest BCUT2D eigenvalue weighted by molar-refractivity contribution is 0.281. The third-order valence-electron chi connectivity index (χ3n) is 3.48. The predicted octanol–water partition coefficient (Wildman–Crippen LogP) is 1.79. The lowest BCUT2D eigenvalue weighted by Crippen LogP contribution is -2.43. The SMILES string of the molecule is CC1(NS(=O)(=O)c2cccc(CO)c2)CCCC1. The molecule has 18 heavy (non-hydrogen) atoms. The van der Waals surface area contributed by atoms with Crippen LogP contribution in [0.5, 0.6) is 0 Å². The fraction of sp³-hybridized carbons (Fsp3) is 0.538. The first-order chi connectivity index (χ1) is 8.45. The van der Waals surface area contributed by atoms with E-state index in [0.717, 1.165) is 25.7 Å². The summed E-state index contributed by atoms with van der Waals surface area (Å²) in [5.41, 5.74) is 0.281. The molecule has 100 valence electrons. The highest BCUT2D eigenvalue weighted by atomic mass is 32.2. The summed E-state index contributed by atoms with van der Waals surface area (Å²) < 4.78 is 27.3. The van der Waals surface area contributed by atoms with Crippen LogP contribution in [0.4, 0.5) is 0 Å². The Bertz CT molecular complexity index is 519. The molecule has 2 rings (SSSR count). The molecule has 0 aromatic heterocycles. The standard InChI is InChI=1S/C13H19NO3S/c1-13(7-2-3-8-13)14-18(16,17)12-6-4-5-11(9-12)10-15/h4-6,9,14-15H,2-3,7-8,10H2,1H3. The maximum Gasteiger partial charge on any atom is 0.241 e. The van der Waals surface area contributed by atoms with Crippen molar-refractivity contribution in [2.45, 2.75) is 49.6 Å². The molecule has 1 aromatic rings. The van der Waals surface area contributed by atoms with Crippen molar-refractivity contribution >= 4 is 10.0 Å². The van der Waals surface area contributed by atoms with Crippen LogP contribution in [-0.2, 0) is 16.6 Å². The van der Waals surface area contributed by atoms with Crippen LogP contribution >= 0.6 is 0 Å². The van der Waals surface area contributed by atoms with Gasteiger partial charge < -0.3 is 5.11 Å². The predicted molar refractivity (Wildman–Crippen MR) is 69.6 cm³/mol. The maximum absolute atomic E-state index is 12.3. The Hall–Kier alpha value is -0.910. The molecule has 0 spiro atoms. The molecule has 4 nitrogen and oxygen atoms in total. The fourth-order valence-corrected chi connectivity index (χ4v) is 3.99. The van der Waals surface area contributed by atoms with E-state index in [1.54, 1.807) is 18.2 Å². The zero-order chi connectivity index (χ0) is 13.2. The van der Waals surface area contributed by atoms with Crippen LogP contribution in [0.3, 0.4) is 0 Å². The summed E-state index contributed by atoms with van der Waals surface area (Å²) >= 11 is 0. The molecule has 1 fully saturated rings. The Labute approximate surface area is 108 Å². The van der Waals surface area contributed by atoms with Gasteiger partial charge in [-0.2, -0.15) is 0 Å². The normalized spacial score (nSPS) is 19.0. The molecule has 5 heteroatoms. The van der Waals surface area contributed by atoms with Crippen LogP contribution in [0.1, 0.15) is 38.2 Å². The Balaban J connectivity index is 2.24.